The van der Waals surface area contributed by atoms with Gasteiger partial charge in [-0.25, -0.2) is 0 Å². The third-order valence-electron chi connectivity index (χ3n) is 2.40. The lowest BCUT2D eigenvalue weighted by molar-refractivity contribution is -0.384. The quantitative estimate of drug-likeness (QED) is 0.488. The third kappa shape index (κ3) is 2.94. The van der Waals surface area contributed by atoms with E-state index in [1.54, 1.807) is 18.5 Å². The Morgan fingerprint density at radius 1 is 1.28 bits per heavy atom. The summed E-state index contributed by atoms with van der Waals surface area (Å²) < 4.78 is 0. The summed E-state index contributed by atoms with van der Waals surface area (Å²) in [5, 5.41) is 13.8. The fourth-order valence-electron chi connectivity index (χ4n) is 1.55. The molecule has 0 spiro atoms. The van der Waals surface area contributed by atoms with Gasteiger partial charge in [0.15, 0.2) is 0 Å². The lowest BCUT2D eigenvalue weighted by Crippen LogP contribution is -2.01. The summed E-state index contributed by atoms with van der Waals surface area (Å²) in [6, 6.07) is 8.19. The summed E-state index contributed by atoms with van der Waals surface area (Å²) in [4.78, 5) is 14.1. The molecule has 6 heteroatoms. The van der Waals surface area contributed by atoms with Gasteiger partial charge in [0, 0.05) is 42.4 Å². The molecule has 0 aliphatic heterocycles. The molecular formula is C12H12N4O2. The van der Waals surface area contributed by atoms with E-state index in [1.165, 1.54) is 12.1 Å². The molecule has 0 aliphatic carbocycles. The van der Waals surface area contributed by atoms with Crippen molar-refractivity contribution in [3.8, 4) is 0 Å². The van der Waals surface area contributed by atoms with Crippen LogP contribution in [0.4, 0.5) is 17.1 Å². The maximum atomic E-state index is 10.7. The molecule has 0 aliphatic rings. The summed E-state index contributed by atoms with van der Waals surface area (Å²) in [6.07, 6.45) is 3.39. The van der Waals surface area contributed by atoms with Gasteiger partial charge in [0.1, 0.15) is 0 Å². The molecular weight excluding hydrogens is 232 g/mol. The molecule has 0 radical (unpaired) electrons. The molecule has 2 rings (SSSR count). The summed E-state index contributed by atoms with van der Waals surface area (Å²) in [7, 11) is 0. The first kappa shape index (κ1) is 11.8. The summed E-state index contributed by atoms with van der Waals surface area (Å²) >= 11 is 0. The van der Waals surface area contributed by atoms with Crippen LogP contribution in [0.5, 0.6) is 0 Å². The van der Waals surface area contributed by atoms with Crippen LogP contribution in [-0.4, -0.2) is 9.91 Å². The zero-order chi connectivity index (χ0) is 13.0. The number of hydrogen-bond acceptors (Lipinski definition) is 5. The molecule has 18 heavy (non-hydrogen) atoms. The van der Waals surface area contributed by atoms with Crippen molar-refractivity contribution in [1.82, 2.24) is 4.98 Å². The highest BCUT2D eigenvalue weighted by Crippen LogP contribution is 2.22. The van der Waals surface area contributed by atoms with Gasteiger partial charge in [-0.1, -0.05) is 0 Å². The number of nitrogen functional groups attached to an aromatic ring is 1. The van der Waals surface area contributed by atoms with E-state index < -0.39 is 4.92 Å². The van der Waals surface area contributed by atoms with Crippen molar-refractivity contribution >= 4 is 17.1 Å². The lowest BCUT2D eigenvalue weighted by atomic mass is 10.2. The Morgan fingerprint density at radius 3 is 2.67 bits per heavy atom. The fraction of sp³-hybridized carbons (Fsp3) is 0.0833. The number of hydrogen-bond donors (Lipinski definition) is 2. The number of aromatic nitrogens is 1. The average molecular weight is 244 g/mol. The molecule has 1 aromatic heterocycles. The topological polar surface area (TPSA) is 94.1 Å². The number of nitrogens with zero attached hydrogens (tertiary/aromatic N) is 2. The number of nitrogens with one attached hydrogen (secondary N) is 1. The first-order valence-corrected chi connectivity index (χ1v) is 5.33. The first-order valence-electron chi connectivity index (χ1n) is 5.33. The minimum absolute atomic E-state index is 0.0211. The van der Waals surface area contributed by atoms with Crippen molar-refractivity contribution in [1.29, 1.82) is 0 Å². The summed E-state index contributed by atoms with van der Waals surface area (Å²) in [5.74, 6) is 0. The monoisotopic (exact) mass is 244 g/mol. The maximum Gasteiger partial charge on any atom is 0.273 e. The largest absolute Gasteiger partial charge is 0.398 e. The van der Waals surface area contributed by atoms with Gasteiger partial charge in [-0.15, -0.1) is 0 Å². The molecule has 0 bridgehead atoms. The van der Waals surface area contributed by atoms with Crippen molar-refractivity contribution in [3.63, 3.8) is 0 Å². The van der Waals surface area contributed by atoms with E-state index in [0.717, 1.165) is 5.56 Å². The lowest BCUT2D eigenvalue weighted by Gasteiger charge is -2.07. The van der Waals surface area contributed by atoms with E-state index >= 15 is 0 Å². The van der Waals surface area contributed by atoms with Crippen LogP contribution in [0.15, 0.2) is 42.7 Å². The molecule has 1 heterocycles. The number of rotatable bonds is 4. The van der Waals surface area contributed by atoms with Gasteiger partial charge >= 0.3 is 0 Å². The zero-order valence-electron chi connectivity index (χ0n) is 9.54. The first-order chi connectivity index (χ1) is 8.65. The molecule has 0 atom stereocenters. The van der Waals surface area contributed by atoms with E-state index in [1.807, 2.05) is 12.1 Å². The highest BCUT2D eigenvalue weighted by atomic mass is 16.6. The van der Waals surface area contributed by atoms with Crippen molar-refractivity contribution in [2.75, 3.05) is 11.1 Å². The normalized spacial score (nSPS) is 10.0. The second kappa shape index (κ2) is 5.13. The molecule has 0 amide bonds. The van der Waals surface area contributed by atoms with Crippen LogP contribution in [0.2, 0.25) is 0 Å². The van der Waals surface area contributed by atoms with E-state index in [9.17, 15) is 10.1 Å². The fourth-order valence-corrected chi connectivity index (χ4v) is 1.55. The number of nitro groups is 1. The van der Waals surface area contributed by atoms with Crippen LogP contribution in [0.1, 0.15) is 5.56 Å². The Labute approximate surface area is 104 Å². The predicted molar refractivity (Wildman–Crippen MR) is 69.1 cm³/mol. The standard InChI is InChI=1S/C12H12N4O2/c13-10-5-11(7-12(6-10)16(17)18)15-8-9-1-3-14-4-2-9/h1-7,15H,8,13H2. The van der Waals surface area contributed by atoms with Crippen LogP contribution in [0.3, 0.4) is 0 Å². The van der Waals surface area contributed by atoms with Crippen LogP contribution in [0.25, 0.3) is 0 Å². The van der Waals surface area contributed by atoms with Gasteiger partial charge in [0.25, 0.3) is 5.69 Å². The van der Waals surface area contributed by atoms with E-state index in [4.69, 9.17) is 5.73 Å². The van der Waals surface area contributed by atoms with Crippen LogP contribution in [-0.2, 0) is 6.54 Å². The minimum atomic E-state index is -0.464. The van der Waals surface area contributed by atoms with Crippen LogP contribution < -0.4 is 11.1 Å². The van der Waals surface area contributed by atoms with Crippen LogP contribution in [0, 0.1) is 10.1 Å². The van der Waals surface area contributed by atoms with E-state index in [0.29, 0.717) is 17.9 Å². The Kier molecular flexibility index (Phi) is 3.38. The highest BCUT2D eigenvalue weighted by molar-refractivity contribution is 5.61. The third-order valence-corrected chi connectivity index (χ3v) is 2.40. The summed E-state index contributed by atoms with van der Waals surface area (Å²) in [5.41, 5.74) is 7.61. The SMILES string of the molecule is Nc1cc(NCc2ccncc2)cc([N+](=O)[O-])c1. The van der Waals surface area contributed by atoms with Crippen molar-refractivity contribution in [3.05, 3.63) is 58.4 Å². The smallest absolute Gasteiger partial charge is 0.273 e. The number of pyridine rings is 1. The molecule has 6 nitrogen and oxygen atoms in total. The van der Waals surface area contributed by atoms with Gasteiger partial charge in [0.05, 0.1) is 4.92 Å². The Hall–Kier alpha value is -2.63. The van der Waals surface area contributed by atoms with E-state index in [-0.39, 0.29) is 5.69 Å². The molecule has 3 N–H and O–H groups in total. The van der Waals surface area contributed by atoms with E-state index in [2.05, 4.69) is 10.3 Å². The number of nitrogens with two attached hydrogens (primary N) is 1. The zero-order valence-corrected chi connectivity index (χ0v) is 9.54. The number of non-ortho nitro benzene ring substituents is 1. The van der Waals surface area contributed by atoms with Gasteiger partial charge in [0.2, 0.25) is 0 Å². The Morgan fingerprint density at radius 2 is 2.00 bits per heavy atom. The number of benzene rings is 1. The molecule has 0 saturated carbocycles. The molecule has 0 fully saturated rings. The minimum Gasteiger partial charge on any atom is -0.398 e. The molecule has 0 saturated heterocycles. The molecule has 92 valence electrons. The van der Waals surface area contributed by atoms with Crippen molar-refractivity contribution in [2.24, 2.45) is 0 Å². The average Bonchev–Trinajstić information content (AvgIpc) is 2.37. The van der Waals surface area contributed by atoms with Crippen molar-refractivity contribution < 1.29 is 4.92 Å². The second-order valence-electron chi connectivity index (χ2n) is 3.78. The number of nitro benzene ring substituents is 1. The predicted octanol–water partition coefficient (Wildman–Crippen LogP) is 2.18. The Balaban J connectivity index is 2.12. The van der Waals surface area contributed by atoms with Gasteiger partial charge in [-0.2, -0.15) is 0 Å². The molecule has 0 unspecified atom stereocenters. The maximum absolute atomic E-state index is 10.7. The van der Waals surface area contributed by atoms with Gasteiger partial charge in [-0.3, -0.25) is 15.1 Å². The number of anilines is 2. The van der Waals surface area contributed by atoms with Crippen molar-refractivity contribution in [2.45, 2.75) is 6.54 Å². The van der Waals surface area contributed by atoms with Gasteiger partial charge < -0.3 is 11.1 Å². The Bertz CT molecular complexity index is 557. The van der Waals surface area contributed by atoms with Crippen LogP contribution >= 0.6 is 0 Å². The molecule has 1 aromatic carbocycles. The van der Waals surface area contributed by atoms with Gasteiger partial charge in [-0.05, 0) is 23.8 Å². The molecule has 2 aromatic rings. The highest BCUT2D eigenvalue weighted by Gasteiger charge is 2.08. The second-order valence-corrected chi connectivity index (χ2v) is 3.78. The summed E-state index contributed by atoms with van der Waals surface area (Å²) in [6.45, 7) is 0.559.